The zero-order chi connectivity index (χ0) is 23.3. The van der Waals surface area contributed by atoms with Crippen molar-refractivity contribution in [3.05, 3.63) is 62.8 Å². The largest absolute Gasteiger partial charge is 0.497 e. The molecule has 170 valence electrons. The van der Waals surface area contributed by atoms with Crippen LogP contribution in [0, 0.1) is 0 Å². The fourth-order valence-corrected chi connectivity index (χ4v) is 5.10. The molecule has 0 spiro atoms. The molecular formula is C22H25N3O6S. The first-order valence-electron chi connectivity index (χ1n) is 10.1. The minimum atomic E-state index is -3.80. The van der Waals surface area contributed by atoms with Gasteiger partial charge in [0.25, 0.3) is 5.56 Å². The molecule has 1 aromatic heterocycles. The molecular weight excluding hydrogens is 434 g/mol. The molecule has 4 rings (SSSR count). The van der Waals surface area contributed by atoms with E-state index in [0.29, 0.717) is 17.0 Å². The average Bonchev–Trinajstić information content (AvgIpc) is 3.49. The molecule has 0 saturated heterocycles. The molecule has 0 unspecified atom stereocenters. The van der Waals surface area contributed by atoms with Gasteiger partial charge in [-0.1, -0.05) is 0 Å². The summed E-state index contributed by atoms with van der Waals surface area (Å²) in [6.45, 7) is 1.98. The third-order valence-corrected chi connectivity index (χ3v) is 7.39. The Labute approximate surface area is 185 Å². The maximum Gasteiger partial charge on any atom is 0.331 e. The molecule has 0 bridgehead atoms. The standard InChI is InChI=1S/C22H25N3O6S/c1-22(7-8-22)23-32(28,29)17-5-6-19-18(12-17)20(26)24(2)21(27)25(19)13-14-9-15(30-3)11-16(10-14)31-4/h5-6,9-12,23H,7-8,13H2,1-4H3. The second kappa shape index (κ2) is 7.79. The van der Waals surface area contributed by atoms with E-state index in [-0.39, 0.29) is 16.8 Å². The summed E-state index contributed by atoms with van der Waals surface area (Å²) in [7, 11) is 0.642. The van der Waals surface area contributed by atoms with Crippen molar-refractivity contribution >= 4 is 20.9 Å². The first-order chi connectivity index (χ1) is 15.1. The normalized spacial score (nSPS) is 15.0. The number of fused-ring (bicyclic) bond motifs is 1. The molecule has 10 heteroatoms. The average molecular weight is 460 g/mol. The summed E-state index contributed by atoms with van der Waals surface area (Å²) in [6.07, 6.45) is 1.54. The van der Waals surface area contributed by atoms with Gasteiger partial charge in [0.05, 0.1) is 36.6 Å². The number of hydrogen-bond donors (Lipinski definition) is 1. The number of hydrogen-bond acceptors (Lipinski definition) is 6. The molecule has 1 heterocycles. The van der Waals surface area contributed by atoms with Gasteiger partial charge >= 0.3 is 5.69 Å². The van der Waals surface area contributed by atoms with Crippen molar-refractivity contribution in [2.45, 2.75) is 36.7 Å². The van der Waals surface area contributed by atoms with Crippen molar-refractivity contribution in [3.8, 4) is 11.5 Å². The van der Waals surface area contributed by atoms with E-state index in [9.17, 15) is 18.0 Å². The molecule has 0 amide bonds. The van der Waals surface area contributed by atoms with Gasteiger partial charge in [-0.2, -0.15) is 0 Å². The van der Waals surface area contributed by atoms with E-state index < -0.39 is 26.8 Å². The van der Waals surface area contributed by atoms with Gasteiger partial charge in [0, 0.05) is 18.7 Å². The summed E-state index contributed by atoms with van der Waals surface area (Å²) in [4.78, 5) is 25.7. The first-order valence-corrected chi connectivity index (χ1v) is 11.5. The molecule has 0 atom stereocenters. The van der Waals surface area contributed by atoms with Crippen LogP contribution in [0.4, 0.5) is 0 Å². The van der Waals surface area contributed by atoms with Crippen LogP contribution in [0.3, 0.4) is 0 Å². The van der Waals surface area contributed by atoms with E-state index in [1.165, 1.54) is 44.0 Å². The number of methoxy groups -OCH3 is 2. The highest BCUT2D eigenvalue weighted by Crippen LogP contribution is 2.36. The van der Waals surface area contributed by atoms with Crippen molar-refractivity contribution in [3.63, 3.8) is 0 Å². The smallest absolute Gasteiger partial charge is 0.331 e. The van der Waals surface area contributed by atoms with Crippen LogP contribution in [-0.2, 0) is 23.6 Å². The maximum atomic E-state index is 12.9. The van der Waals surface area contributed by atoms with Crippen molar-refractivity contribution in [2.75, 3.05) is 14.2 Å². The van der Waals surface area contributed by atoms with Crippen LogP contribution < -0.4 is 25.4 Å². The van der Waals surface area contributed by atoms with Crippen molar-refractivity contribution in [1.82, 2.24) is 13.9 Å². The Kier molecular flexibility index (Phi) is 5.38. The molecule has 9 nitrogen and oxygen atoms in total. The quantitative estimate of drug-likeness (QED) is 0.575. The maximum absolute atomic E-state index is 12.9. The SMILES string of the molecule is COc1cc(Cn2c(=O)n(C)c(=O)c3cc(S(=O)(=O)NC4(C)CC4)ccc32)cc(OC)c1. The van der Waals surface area contributed by atoms with Gasteiger partial charge in [0.2, 0.25) is 10.0 Å². The van der Waals surface area contributed by atoms with E-state index >= 15 is 0 Å². The van der Waals surface area contributed by atoms with Gasteiger partial charge < -0.3 is 9.47 Å². The van der Waals surface area contributed by atoms with Crippen molar-refractivity contribution in [2.24, 2.45) is 7.05 Å². The fourth-order valence-electron chi connectivity index (χ4n) is 3.61. The number of ether oxygens (including phenoxy) is 2. The van der Waals surface area contributed by atoms with Crippen LogP contribution in [-0.4, -0.2) is 37.3 Å². The Hall–Kier alpha value is -3.11. The number of benzene rings is 2. The highest BCUT2D eigenvalue weighted by molar-refractivity contribution is 7.89. The third-order valence-electron chi connectivity index (χ3n) is 5.75. The summed E-state index contributed by atoms with van der Waals surface area (Å²) in [6, 6.07) is 9.50. The van der Waals surface area contributed by atoms with Crippen molar-refractivity contribution in [1.29, 1.82) is 0 Å². The van der Waals surface area contributed by atoms with E-state index in [1.807, 2.05) is 6.92 Å². The summed E-state index contributed by atoms with van der Waals surface area (Å²) >= 11 is 0. The van der Waals surface area contributed by atoms with E-state index in [4.69, 9.17) is 9.47 Å². The number of sulfonamides is 1. The number of rotatable bonds is 7. The Balaban J connectivity index is 1.85. The Bertz CT molecular complexity index is 1410. The number of nitrogens with zero attached hydrogens (tertiary/aromatic N) is 2. The lowest BCUT2D eigenvalue weighted by Gasteiger charge is -2.16. The molecule has 1 N–H and O–H groups in total. The molecule has 1 saturated carbocycles. The first kappa shape index (κ1) is 22.1. The van der Waals surface area contributed by atoms with Gasteiger partial charge in [-0.15, -0.1) is 0 Å². The second-order valence-corrected chi connectivity index (χ2v) is 9.98. The summed E-state index contributed by atoms with van der Waals surface area (Å²) in [5.74, 6) is 1.13. The molecule has 0 aliphatic heterocycles. The molecule has 2 aromatic carbocycles. The van der Waals surface area contributed by atoms with E-state index in [0.717, 1.165) is 23.0 Å². The van der Waals surface area contributed by atoms with E-state index in [1.54, 1.807) is 18.2 Å². The fraction of sp³-hybridized carbons (Fsp3) is 0.364. The molecule has 3 aromatic rings. The van der Waals surface area contributed by atoms with Crippen LogP contribution in [0.15, 0.2) is 50.9 Å². The Morgan fingerprint density at radius 2 is 1.66 bits per heavy atom. The van der Waals surface area contributed by atoms with Crippen LogP contribution in [0.25, 0.3) is 10.9 Å². The Morgan fingerprint density at radius 1 is 1.03 bits per heavy atom. The topological polar surface area (TPSA) is 109 Å². The van der Waals surface area contributed by atoms with Gasteiger partial charge in [0.1, 0.15) is 11.5 Å². The van der Waals surface area contributed by atoms with Gasteiger partial charge in [-0.05, 0) is 55.7 Å². The Morgan fingerprint density at radius 3 is 2.22 bits per heavy atom. The summed E-state index contributed by atoms with van der Waals surface area (Å²) in [5.41, 5.74) is -0.439. The predicted octanol–water partition coefficient (Wildman–Crippen LogP) is 1.60. The molecule has 32 heavy (non-hydrogen) atoms. The van der Waals surface area contributed by atoms with Crippen LogP contribution >= 0.6 is 0 Å². The van der Waals surface area contributed by atoms with Crippen molar-refractivity contribution < 1.29 is 17.9 Å². The molecule has 1 fully saturated rings. The third kappa shape index (κ3) is 4.03. The predicted molar refractivity (Wildman–Crippen MR) is 120 cm³/mol. The number of nitrogens with one attached hydrogen (secondary N) is 1. The highest BCUT2D eigenvalue weighted by atomic mass is 32.2. The molecule has 1 aliphatic carbocycles. The zero-order valence-corrected chi connectivity index (χ0v) is 19.2. The monoisotopic (exact) mass is 459 g/mol. The zero-order valence-electron chi connectivity index (χ0n) is 18.3. The molecule has 0 radical (unpaired) electrons. The minimum Gasteiger partial charge on any atom is -0.497 e. The lowest BCUT2D eigenvalue weighted by Crippen LogP contribution is -2.38. The van der Waals surface area contributed by atoms with Gasteiger partial charge in [0.15, 0.2) is 0 Å². The summed E-state index contributed by atoms with van der Waals surface area (Å²) in [5, 5.41) is 0.144. The second-order valence-electron chi connectivity index (χ2n) is 8.30. The lowest BCUT2D eigenvalue weighted by atomic mass is 10.1. The lowest BCUT2D eigenvalue weighted by molar-refractivity contribution is 0.393. The van der Waals surface area contributed by atoms with Gasteiger partial charge in [-0.3, -0.25) is 13.9 Å². The highest BCUT2D eigenvalue weighted by Gasteiger charge is 2.41. The van der Waals surface area contributed by atoms with E-state index in [2.05, 4.69) is 4.72 Å². The van der Waals surface area contributed by atoms with Gasteiger partial charge in [-0.25, -0.2) is 17.9 Å². The summed E-state index contributed by atoms with van der Waals surface area (Å²) < 4.78 is 41.3. The number of aromatic nitrogens is 2. The molecule has 1 aliphatic rings. The van der Waals surface area contributed by atoms with Crippen LogP contribution in [0.2, 0.25) is 0 Å². The van der Waals surface area contributed by atoms with Crippen LogP contribution in [0.1, 0.15) is 25.3 Å². The minimum absolute atomic E-state index is 0.0107. The van der Waals surface area contributed by atoms with Crippen LogP contribution in [0.5, 0.6) is 11.5 Å².